The van der Waals surface area contributed by atoms with Crippen LogP contribution in [0.25, 0.3) is 0 Å². The number of aryl methyl sites for hydroxylation is 1. The summed E-state index contributed by atoms with van der Waals surface area (Å²) in [6.07, 6.45) is 3.85. The van der Waals surface area contributed by atoms with Crippen LogP contribution in [0.15, 0.2) is 52.5 Å². The maximum absolute atomic E-state index is 12.0. The molecule has 0 saturated carbocycles. The second kappa shape index (κ2) is 8.01. The highest BCUT2D eigenvalue weighted by Crippen LogP contribution is 2.24. The number of thioether (sulfide) groups is 1. The molecule has 0 unspecified atom stereocenters. The van der Waals surface area contributed by atoms with E-state index in [0.717, 1.165) is 16.0 Å². The van der Waals surface area contributed by atoms with Crippen molar-refractivity contribution in [3.63, 3.8) is 0 Å². The smallest absolute Gasteiger partial charge is 0.244 e. The van der Waals surface area contributed by atoms with Gasteiger partial charge in [-0.1, -0.05) is 41.4 Å². The fourth-order valence-electron chi connectivity index (χ4n) is 1.93. The number of benzene rings is 2. The van der Waals surface area contributed by atoms with Crippen molar-refractivity contribution in [2.24, 2.45) is 5.10 Å². The zero-order valence-corrected chi connectivity index (χ0v) is 14.0. The molecule has 2 aromatic rings. The molecule has 114 valence electrons. The van der Waals surface area contributed by atoms with Crippen LogP contribution >= 0.6 is 23.4 Å². The van der Waals surface area contributed by atoms with Gasteiger partial charge in [-0.25, -0.2) is 5.43 Å². The fourth-order valence-corrected chi connectivity index (χ4v) is 2.72. The molecular weight excluding hydrogens is 316 g/mol. The third kappa shape index (κ3) is 4.90. The van der Waals surface area contributed by atoms with Crippen LogP contribution < -0.4 is 5.43 Å². The van der Waals surface area contributed by atoms with Crippen LogP contribution in [0.5, 0.6) is 0 Å². The molecule has 2 rings (SSSR count). The Labute approximate surface area is 139 Å². The van der Waals surface area contributed by atoms with Gasteiger partial charge in [-0.05, 0) is 42.5 Å². The Morgan fingerprint density at radius 2 is 2.00 bits per heavy atom. The molecule has 22 heavy (non-hydrogen) atoms. The number of rotatable bonds is 5. The van der Waals surface area contributed by atoms with E-state index in [2.05, 4.69) is 10.5 Å². The van der Waals surface area contributed by atoms with Gasteiger partial charge in [0, 0.05) is 9.92 Å². The molecule has 0 heterocycles. The monoisotopic (exact) mass is 332 g/mol. The van der Waals surface area contributed by atoms with Gasteiger partial charge in [-0.3, -0.25) is 4.79 Å². The highest BCUT2D eigenvalue weighted by Gasteiger charge is 2.07. The van der Waals surface area contributed by atoms with Crippen molar-refractivity contribution < 1.29 is 4.79 Å². The lowest BCUT2D eigenvalue weighted by Gasteiger charge is -2.07. The first-order chi connectivity index (χ1) is 10.6. The van der Waals surface area contributed by atoms with Crippen molar-refractivity contribution in [3.8, 4) is 0 Å². The molecule has 0 bridgehead atoms. The molecule has 0 saturated heterocycles. The van der Waals surface area contributed by atoms with Gasteiger partial charge in [-0.2, -0.15) is 5.10 Å². The van der Waals surface area contributed by atoms with Crippen molar-refractivity contribution in [2.45, 2.75) is 18.2 Å². The Hall–Kier alpha value is -1.78. The topological polar surface area (TPSA) is 41.5 Å². The number of hydrazone groups is 1. The van der Waals surface area contributed by atoms with Gasteiger partial charge in [0.15, 0.2) is 0 Å². The fraction of sp³-hybridized carbons (Fsp3) is 0.176. The van der Waals surface area contributed by atoms with Crippen LogP contribution in [-0.2, 0) is 11.2 Å². The van der Waals surface area contributed by atoms with E-state index >= 15 is 0 Å². The second-order valence-electron chi connectivity index (χ2n) is 4.84. The number of nitrogens with one attached hydrogen (secondary N) is 1. The van der Waals surface area contributed by atoms with E-state index in [1.807, 2.05) is 55.6 Å². The van der Waals surface area contributed by atoms with Crippen LogP contribution in [0.1, 0.15) is 16.7 Å². The van der Waals surface area contributed by atoms with Crippen LogP contribution in [0.4, 0.5) is 0 Å². The van der Waals surface area contributed by atoms with E-state index in [-0.39, 0.29) is 12.3 Å². The lowest BCUT2D eigenvalue weighted by Crippen LogP contribution is -2.20. The predicted octanol–water partition coefficient (Wildman–Crippen LogP) is 4.06. The Kier molecular flexibility index (Phi) is 6.04. The number of hydrogen-bond acceptors (Lipinski definition) is 3. The van der Waals surface area contributed by atoms with Crippen LogP contribution in [0, 0.1) is 6.92 Å². The normalized spacial score (nSPS) is 10.9. The second-order valence-corrected chi connectivity index (χ2v) is 6.12. The maximum atomic E-state index is 12.0. The van der Waals surface area contributed by atoms with E-state index in [4.69, 9.17) is 11.6 Å². The molecule has 0 radical (unpaired) electrons. The van der Waals surface area contributed by atoms with Gasteiger partial charge < -0.3 is 0 Å². The Bertz CT molecular complexity index is 684. The zero-order valence-electron chi connectivity index (χ0n) is 12.5. The van der Waals surface area contributed by atoms with Gasteiger partial charge in [-0.15, -0.1) is 11.8 Å². The van der Waals surface area contributed by atoms with Crippen LogP contribution in [-0.4, -0.2) is 18.4 Å². The van der Waals surface area contributed by atoms with E-state index in [1.54, 1.807) is 18.0 Å². The number of carbonyl (C=O) groups is 1. The van der Waals surface area contributed by atoms with E-state index < -0.39 is 0 Å². The summed E-state index contributed by atoms with van der Waals surface area (Å²) < 4.78 is 0. The first kappa shape index (κ1) is 16.6. The predicted molar refractivity (Wildman–Crippen MR) is 93.9 cm³/mol. The zero-order chi connectivity index (χ0) is 15.9. The molecule has 1 amide bonds. The Morgan fingerprint density at radius 1 is 1.27 bits per heavy atom. The molecule has 2 aromatic carbocycles. The third-order valence-electron chi connectivity index (χ3n) is 3.07. The molecule has 0 aliphatic heterocycles. The van der Waals surface area contributed by atoms with E-state index in [0.29, 0.717) is 5.02 Å². The molecular formula is C17H17ClN2OS. The Balaban J connectivity index is 1.96. The number of hydrogen-bond donors (Lipinski definition) is 1. The lowest BCUT2D eigenvalue weighted by atomic mass is 10.1. The molecule has 1 N–H and O–H groups in total. The summed E-state index contributed by atoms with van der Waals surface area (Å²) >= 11 is 7.57. The van der Waals surface area contributed by atoms with Crippen molar-refractivity contribution in [1.82, 2.24) is 5.43 Å². The summed E-state index contributed by atoms with van der Waals surface area (Å²) in [5.41, 5.74) is 5.58. The van der Waals surface area contributed by atoms with Crippen LogP contribution in [0.2, 0.25) is 5.02 Å². The highest BCUT2D eigenvalue weighted by atomic mass is 35.5. The summed E-state index contributed by atoms with van der Waals surface area (Å²) in [6.45, 7) is 2.02. The quantitative estimate of drug-likeness (QED) is 0.509. The van der Waals surface area contributed by atoms with E-state index in [1.165, 1.54) is 5.56 Å². The molecule has 0 atom stereocenters. The first-order valence-corrected chi connectivity index (χ1v) is 8.40. The minimum atomic E-state index is -0.166. The number of halogens is 1. The van der Waals surface area contributed by atoms with Gasteiger partial charge >= 0.3 is 0 Å². The van der Waals surface area contributed by atoms with Gasteiger partial charge in [0.2, 0.25) is 5.91 Å². The molecule has 0 fully saturated rings. The van der Waals surface area contributed by atoms with Crippen molar-refractivity contribution in [2.75, 3.05) is 6.26 Å². The minimum Gasteiger partial charge on any atom is -0.273 e. The summed E-state index contributed by atoms with van der Waals surface area (Å²) in [6, 6.07) is 13.5. The number of carbonyl (C=O) groups excluding carboxylic acids is 1. The average molecular weight is 333 g/mol. The maximum Gasteiger partial charge on any atom is 0.244 e. The SMILES string of the molecule is CSc1ccc(Cl)cc1CC(=O)N/N=C\c1ccc(C)cc1. The molecule has 5 heteroatoms. The van der Waals surface area contributed by atoms with Crippen molar-refractivity contribution in [3.05, 3.63) is 64.2 Å². The lowest BCUT2D eigenvalue weighted by molar-refractivity contribution is -0.120. The van der Waals surface area contributed by atoms with Gasteiger partial charge in [0.05, 0.1) is 12.6 Å². The molecule has 0 aliphatic carbocycles. The Morgan fingerprint density at radius 3 is 2.68 bits per heavy atom. The minimum absolute atomic E-state index is 0.166. The summed E-state index contributed by atoms with van der Waals surface area (Å²) in [5, 5.41) is 4.61. The molecule has 3 nitrogen and oxygen atoms in total. The van der Waals surface area contributed by atoms with Gasteiger partial charge in [0.1, 0.15) is 0 Å². The average Bonchev–Trinajstić information content (AvgIpc) is 2.49. The number of amides is 1. The standard InChI is InChI=1S/C17H17ClN2OS/c1-12-3-5-13(6-4-12)11-19-20-17(21)10-14-9-15(18)7-8-16(14)22-2/h3-9,11H,10H2,1-2H3,(H,20,21)/b19-11-. The van der Waals surface area contributed by atoms with Crippen LogP contribution in [0.3, 0.4) is 0 Å². The summed E-state index contributed by atoms with van der Waals surface area (Å²) in [4.78, 5) is 13.0. The number of nitrogens with zero attached hydrogens (tertiary/aromatic N) is 1. The molecule has 0 aromatic heterocycles. The van der Waals surface area contributed by atoms with Crippen molar-refractivity contribution >= 4 is 35.5 Å². The van der Waals surface area contributed by atoms with E-state index in [9.17, 15) is 4.79 Å². The highest BCUT2D eigenvalue weighted by molar-refractivity contribution is 7.98. The van der Waals surface area contributed by atoms with Gasteiger partial charge in [0.25, 0.3) is 0 Å². The molecule has 0 spiro atoms. The summed E-state index contributed by atoms with van der Waals surface area (Å²) in [5.74, 6) is -0.166. The first-order valence-electron chi connectivity index (χ1n) is 6.79. The largest absolute Gasteiger partial charge is 0.273 e. The third-order valence-corrected chi connectivity index (χ3v) is 4.15. The molecule has 0 aliphatic rings. The summed E-state index contributed by atoms with van der Waals surface area (Å²) in [7, 11) is 0. The van der Waals surface area contributed by atoms with Crippen molar-refractivity contribution in [1.29, 1.82) is 0 Å².